The van der Waals surface area contributed by atoms with Gasteiger partial charge >= 0.3 is 0 Å². The van der Waals surface area contributed by atoms with E-state index in [1.807, 2.05) is 11.8 Å². The molecule has 27 heavy (non-hydrogen) atoms. The van der Waals surface area contributed by atoms with Gasteiger partial charge in [0.15, 0.2) is 0 Å². The molecule has 4 rings (SSSR count). The molecule has 1 atom stereocenters. The van der Waals surface area contributed by atoms with Crippen LogP contribution in [-0.4, -0.2) is 53.4 Å². The second-order valence-corrected chi connectivity index (χ2v) is 9.41. The molecule has 1 amide bonds. The van der Waals surface area contributed by atoms with Crippen molar-refractivity contribution in [2.75, 3.05) is 32.7 Å². The first-order valence-corrected chi connectivity index (χ1v) is 10.9. The summed E-state index contributed by atoms with van der Waals surface area (Å²) in [6, 6.07) is 11.0. The summed E-state index contributed by atoms with van der Waals surface area (Å²) in [5.74, 6) is 0.768. The van der Waals surface area contributed by atoms with E-state index in [4.69, 9.17) is 0 Å². The lowest BCUT2D eigenvalue weighted by Crippen LogP contribution is -2.52. The Labute approximate surface area is 166 Å². The van der Waals surface area contributed by atoms with E-state index in [0.717, 1.165) is 48.9 Å². The van der Waals surface area contributed by atoms with Crippen LogP contribution in [0.5, 0.6) is 0 Å². The Bertz CT molecular complexity index is 780. The number of amides is 1. The van der Waals surface area contributed by atoms with Gasteiger partial charge in [-0.15, -0.1) is 11.3 Å². The highest BCUT2D eigenvalue weighted by molar-refractivity contribution is 7.13. The minimum absolute atomic E-state index is 0.165. The van der Waals surface area contributed by atoms with Gasteiger partial charge in [-0.1, -0.05) is 37.3 Å². The first kappa shape index (κ1) is 18.6. The number of thiazole rings is 1. The zero-order chi connectivity index (χ0) is 18.9. The first-order valence-electron chi connectivity index (χ1n) is 10.1. The average molecular weight is 384 g/mol. The van der Waals surface area contributed by atoms with E-state index in [9.17, 15) is 4.79 Å². The Morgan fingerprint density at radius 1 is 1.26 bits per heavy atom. The lowest BCUT2D eigenvalue weighted by molar-refractivity contribution is 0.0160. The maximum Gasteiger partial charge on any atom is 0.265 e. The van der Waals surface area contributed by atoms with Crippen molar-refractivity contribution in [2.45, 2.75) is 39.0 Å². The molecular formula is C22H29N3OS. The second-order valence-electron chi connectivity index (χ2n) is 8.18. The summed E-state index contributed by atoms with van der Waals surface area (Å²) in [5, 5.41) is 0.961. The van der Waals surface area contributed by atoms with E-state index in [-0.39, 0.29) is 5.91 Å². The number of carbonyl (C=O) groups excluding carboxylic acids is 1. The summed E-state index contributed by atoms with van der Waals surface area (Å²) >= 11 is 1.51. The summed E-state index contributed by atoms with van der Waals surface area (Å²) in [6.45, 7) is 9.40. The van der Waals surface area contributed by atoms with Gasteiger partial charge in [-0.05, 0) is 49.6 Å². The van der Waals surface area contributed by atoms with Crippen molar-refractivity contribution in [3.63, 3.8) is 0 Å². The van der Waals surface area contributed by atoms with Crippen molar-refractivity contribution in [2.24, 2.45) is 5.41 Å². The van der Waals surface area contributed by atoms with Gasteiger partial charge < -0.3 is 9.80 Å². The van der Waals surface area contributed by atoms with Crippen LogP contribution < -0.4 is 0 Å². The molecule has 0 aliphatic carbocycles. The highest BCUT2D eigenvalue weighted by atomic mass is 32.1. The Balaban J connectivity index is 1.46. The summed E-state index contributed by atoms with van der Waals surface area (Å²) in [6.07, 6.45) is 5.19. The lowest BCUT2D eigenvalue weighted by Gasteiger charge is -2.50. The van der Waals surface area contributed by atoms with Crippen LogP contribution in [0.25, 0.3) is 0 Å². The number of piperidine rings is 2. The average Bonchev–Trinajstić information content (AvgIpc) is 3.15. The normalized spacial score (nSPS) is 22.9. The fraction of sp³-hybridized carbons (Fsp3) is 0.545. The van der Waals surface area contributed by atoms with Crippen LogP contribution in [0.2, 0.25) is 0 Å². The molecular weight excluding hydrogens is 354 g/mol. The number of aromatic nitrogens is 1. The molecule has 1 spiro atoms. The first-order chi connectivity index (χ1) is 13.1. The van der Waals surface area contributed by atoms with Gasteiger partial charge in [0, 0.05) is 26.2 Å². The van der Waals surface area contributed by atoms with Gasteiger partial charge in [0.1, 0.15) is 4.88 Å². The van der Waals surface area contributed by atoms with E-state index < -0.39 is 0 Å². The number of hydrogen-bond donors (Lipinski definition) is 0. The van der Waals surface area contributed by atoms with Gasteiger partial charge in [0.25, 0.3) is 5.91 Å². The van der Waals surface area contributed by atoms with Gasteiger partial charge in [-0.25, -0.2) is 4.98 Å². The van der Waals surface area contributed by atoms with Crippen molar-refractivity contribution in [1.82, 2.24) is 14.8 Å². The van der Waals surface area contributed by atoms with Crippen molar-refractivity contribution in [3.8, 4) is 0 Å². The Morgan fingerprint density at radius 2 is 2.00 bits per heavy atom. The Morgan fingerprint density at radius 3 is 2.63 bits per heavy atom. The van der Waals surface area contributed by atoms with E-state index in [1.54, 1.807) is 6.20 Å². The van der Waals surface area contributed by atoms with Crippen molar-refractivity contribution >= 4 is 17.2 Å². The molecule has 0 unspecified atom stereocenters. The standard InChI is InChI=1S/C22H29N3OS/c1-3-24-15-19(18-7-5-4-6-8-18)13-22(16-24)9-11-25(12-10-22)21(26)20-14-23-17(2)27-20/h4-8,14,19H,3,9-13,15-16H2,1-2H3/t19-/m0/s1. The van der Waals surface area contributed by atoms with Crippen LogP contribution in [0.4, 0.5) is 0 Å². The molecule has 144 valence electrons. The number of aryl methyl sites for hydroxylation is 1. The highest BCUT2D eigenvalue weighted by Crippen LogP contribution is 2.45. The van der Waals surface area contributed by atoms with Crippen LogP contribution >= 0.6 is 11.3 Å². The topological polar surface area (TPSA) is 36.4 Å². The summed E-state index contributed by atoms with van der Waals surface area (Å²) in [7, 11) is 0. The van der Waals surface area contributed by atoms with Crippen LogP contribution in [0.15, 0.2) is 36.5 Å². The molecule has 2 fully saturated rings. The van der Waals surface area contributed by atoms with E-state index in [2.05, 4.69) is 47.1 Å². The van der Waals surface area contributed by atoms with Gasteiger partial charge in [-0.3, -0.25) is 4.79 Å². The molecule has 1 aromatic heterocycles. The predicted molar refractivity (Wildman–Crippen MR) is 110 cm³/mol. The van der Waals surface area contributed by atoms with Gasteiger partial charge in [-0.2, -0.15) is 0 Å². The Kier molecular flexibility index (Phi) is 5.33. The molecule has 2 aliphatic heterocycles. The Hall–Kier alpha value is -1.72. The molecule has 0 bridgehead atoms. The molecule has 0 N–H and O–H groups in total. The number of hydrogen-bond acceptors (Lipinski definition) is 4. The molecule has 3 heterocycles. The van der Waals surface area contributed by atoms with E-state index >= 15 is 0 Å². The van der Waals surface area contributed by atoms with Gasteiger partial charge in [0.2, 0.25) is 0 Å². The second kappa shape index (κ2) is 7.72. The van der Waals surface area contributed by atoms with Crippen molar-refractivity contribution in [3.05, 3.63) is 52.0 Å². The molecule has 5 heteroatoms. The van der Waals surface area contributed by atoms with Crippen molar-refractivity contribution < 1.29 is 4.79 Å². The third-order valence-corrected chi connectivity index (χ3v) is 7.28. The smallest absolute Gasteiger partial charge is 0.265 e. The minimum Gasteiger partial charge on any atom is -0.338 e. The molecule has 2 saturated heterocycles. The summed E-state index contributed by atoms with van der Waals surface area (Å²) in [5.41, 5.74) is 1.81. The lowest BCUT2D eigenvalue weighted by atomic mass is 9.68. The third-order valence-electron chi connectivity index (χ3n) is 6.38. The predicted octanol–water partition coefficient (Wildman–Crippen LogP) is 4.18. The molecule has 4 nitrogen and oxygen atoms in total. The minimum atomic E-state index is 0.165. The summed E-state index contributed by atoms with van der Waals surface area (Å²) in [4.78, 5) is 22.5. The zero-order valence-corrected chi connectivity index (χ0v) is 17.2. The van der Waals surface area contributed by atoms with Crippen LogP contribution in [0.3, 0.4) is 0 Å². The maximum absolute atomic E-state index is 12.8. The molecule has 0 saturated carbocycles. The van der Waals surface area contributed by atoms with Crippen LogP contribution in [0, 0.1) is 12.3 Å². The number of rotatable bonds is 3. The SMILES string of the molecule is CCN1C[C@@H](c2ccccc2)CC2(CCN(C(=O)c3cnc(C)s3)CC2)C1. The number of benzene rings is 1. The fourth-order valence-electron chi connectivity index (χ4n) is 4.85. The maximum atomic E-state index is 12.8. The number of likely N-dealkylation sites (tertiary alicyclic amines) is 2. The molecule has 1 aromatic carbocycles. The fourth-order valence-corrected chi connectivity index (χ4v) is 5.60. The third kappa shape index (κ3) is 3.94. The summed E-state index contributed by atoms with van der Waals surface area (Å²) < 4.78 is 0. The molecule has 2 aliphatic rings. The number of nitrogens with zero attached hydrogens (tertiary/aromatic N) is 3. The highest BCUT2D eigenvalue weighted by Gasteiger charge is 2.42. The van der Waals surface area contributed by atoms with E-state index in [1.165, 1.54) is 29.9 Å². The number of carbonyl (C=O) groups is 1. The zero-order valence-electron chi connectivity index (χ0n) is 16.4. The van der Waals surface area contributed by atoms with Crippen LogP contribution in [-0.2, 0) is 0 Å². The molecule has 0 radical (unpaired) electrons. The largest absolute Gasteiger partial charge is 0.338 e. The van der Waals surface area contributed by atoms with E-state index in [0.29, 0.717) is 11.3 Å². The molecule has 2 aromatic rings. The monoisotopic (exact) mass is 383 g/mol. The van der Waals surface area contributed by atoms with Crippen LogP contribution in [0.1, 0.15) is 52.3 Å². The number of likely N-dealkylation sites (N-methyl/N-ethyl adjacent to an activating group) is 1. The quantitative estimate of drug-likeness (QED) is 0.798. The van der Waals surface area contributed by atoms with Crippen molar-refractivity contribution in [1.29, 1.82) is 0 Å². The van der Waals surface area contributed by atoms with Gasteiger partial charge in [0.05, 0.1) is 11.2 Å².